The summed E-state index contributed by atoms with van der Waals surface area (Å²) in [6.45, 7) is 0.887. The van der Waals surface area contributed by atoms with Gasteiger partial charge in [-0.25, -0.2) is 0 Å². The summed E-state index contributed by atoms with van der Waals surface area (Å²) in [6.07, 6.45) is 0. The van der Waals surface area contributed by atoms with Crippen molar-refractivity contribution < 1.29 is 22.9 Å². The molecule has 0 spiro atoms. The normalized spacial score (nSPS) is 13.4. The Bertz CT molecular complexity index is 207. The second-order valence-electron chi connectivity index (χ2n) is 1.50. The fraction of sp³-hybridized carbons (Fsp3) is 0.667. The van der Waals surface area contributed by atoms with Crippen molar-refractivity contribution in [3.63, 3.8) is 0 Å². The maximum absolute atomic E-state index is 9.95. The molecule has 60 valence electrons. The lowest BCUT2D eigenvalue weighted by Crippen LogP contribution is -2.25. The van der Waals surface area contributed by atoms with Crippen LogP contribution in [0.5, 0.6) is 0 Å². The Morgan fingerprint density at radius 3 is 1.80 bits per heavy atom. The van der Waals surface area contributed by atoms with Crippen molar-refractivity contribution in [2.24, 2.45) is 0 Å². The van der Waals surface area contributed by atoms with Crippen molar-refractivity contribution >= 4 is 33.4 Å². The molecule has 7 heteroatoms. The number of aliphatic carboxylic acids is 1. The molecule has 0 saturated heterocycles. The minimum atomic E-state index is -4.40. The minimum absolute atomic E-state index is 0. The number of carbonyl (C=O) groups is 1. The van der Waals surface area contributed by atoms with E-state index in [1.165, 1.54) is 0 Å². The molecule has 0 amide bonds. The Hall–Kier alpha value is -0.0875. The van der Waals surface area contributed by atoms with Gasteiger partial charge in [0.25, 0.3) is 10.1 Å². The van der Waals surface area contributed by atoms with Gasteiger partial charge in [0.05, 0.1) is 0 Å². The van der Waals surface area contributed by atoms with Gasteiger partial charge in [-0.05, 0) is 6.92 Å². The SMILES string of the molecule is CC(C(=O)O)S(=O)(=O)O.[AlH3]. The zero-order valence-electron chi connectivity index (χ0n) is 4.60. The summed E-state index contributed by atoms with van der Waals surface area (Å²) in [5.41, 5.74) is 0. The summed E-state index contributed by atoms with van der Waals surface area (Å²) in [5.74, 6) is -1.56. The van der Waals surface area contributed by atoms with Crippen LogP contribution < -0.4 is 0 Å². The van der Waals surface area contributed by atoms with Crippen LogP contribution in [-0.2, 0) is 14.9 Å². The van der Waals surface area contributed by atoms with Crippen LogP contribution >= 0.6 is 0 Å². The van der Waals surface area contributed by atoms with Crippen molar-refractivity contribution in [2.45, 2.75) is 12.2 Å². The van der Waals surface area contributed by atoms with Crippen molar-refractivity contribution in [1.82, 2.24) is 0 Å². The van der Waals surface area contributed by atoms with Gasteiger partial charge >= 0.3 is 5.97 Å². The van der Waals surface area contributed by atoms with E-state index in [4.69, 9.17) is 9.66 Å². The molecule has 0 aliphatic rings. The van der Waals surface area contributed by atoms with E-state index in [2.05, 4.69) is 0 Å². The van der Waals surface area contributed by atoms with E-state index in [0.29, 0.717) is 0 Å². The molecule has 0 saturated carbocycles. The summed E-state index contributed by atoms with van der Waals surface area (Å²) in [6, 6.07) is 0. The van der Waals surface area contributed by atoms with Crippen molar-refractivity contribution in [3.8, 4) is 0 Å². The van der Waals surface area contributed by atoms with Gasteiger partial charge in [-0.3, -0.25) is 9.35 Å². The molecule has 5 nitrogen and oxygen atoms in total. The molecule has 10 heavy (non-hydrogen) atoms. The average molecular weight is 184 g/mol. The molecule has 1 atom stereocenters. The molecular weight excluding hydrogens is 175 g/mol. The molecule has 0 bridgehead atoms. The van der Waals surface area contributed by atoms with Gasteiger partial charge < -0.3 is 5.11 Å². The van der Waals surface area contributed by atoms with Crippen LogP contribution in [0.2, 0.25) is 0 Å². The van der Waals surface area contributed by atoms with Crippen LogP contribution in [0.1, 0.15) is 6.92 Å². The number of rotatable bonds is 2. The maximum atomic E-state index is 9.95. The van der Waals surface area contributed by atoms with Gasteiger partial charge in [-0.15, -0.1) is 0 Å². The standard InChI is InChI=1S/C3H6O5S.Al.3H/c1-2(3(4)5)9(6,7)8;;;;/h2H,1H3,(H,4,5)(H,6,7,8);;;;. The maximum Gasteiger partial charge on any atom is 0.324 e. The first-order valence-electron chi connectivity index (χ1n) is 2.05. The lowest BCUT2D eigenvalue weighted by molar-refractivity contribution is -0.136. The summed E-state index contributed by atoms with van der Waals surface area (Å²) in [5, 5.41) is 6.24. The highest BCUT2D eigenvalue weighted by Gasteiger charge is 2.24. The number of hydrogen-bond acceptors (Lipinski definition) is 3. The van der Waals surface area contributed by atoms with Crippen LogP contribution in [0.25, 0.3) is 0 Å². The molecule has 1 unspecified atom stereocenters. The molecule has 0 aliphatic heterocycles. The highest BCUT2D eigenvalue weighted by atomic mass is 32.2. The van der Waals surface area contributed by atoms with E-state index in [1.807, 2.05) is 0 Å². The first kappa shape index (κ1) is 12.6. The van der Waals surface area contributed by atoms with Gasteiger partial charge in [0.15, 0.2) is 22.6 Å². The zero-order valence-corrected chi connectivity index (χ0v) is 5.42. The molecule has 0 fully saturated rings. The van der Waals surface area contributed by atoms with Crippen LogP contribution in [0.15, 0.2) is 0 Å². The summed E-state index contributed by atoms with van der Waals surface area (Å²) in [4.78, 5) is 9.81. The lowest BCUT2D eigenvalue weighted by Gasteiger charge is -1.98. The van der Waals surface area contributed by atoms with E-state index < -0.39 is 21.3 Å². The Labute approximate surface area is 68.9 Å². The highest BCUT2D eigenvalue weighted by Crippen LogP contribution is 1.95. The topological polar surface area (TPSA) is 91.7 Å². The highest BCUT2D eigenvalue weighted by molar-refractivity contribution is 7.87. The first-order chi connectivity index (χ1) is 3.85. The Morgan fingerprint density at radius 1 is 1.50 bits per heavy atom. The summed E-state index contributed by atoms with van der Waals surface area (Å²) < 4.78 is 27.9. The fourth-order valence-electron chi connectivity index (χ4n) is 0.127. The smallest absolute Gasteiger partial charge is 0.324 e. The zero-order chi connectivity index (χ0) is 7.65. The molecule has 0 radical (unpaired) electrons. The van der Waals surface area contributed by atoms with Crippen LogP contribution in [0, 0.1) is 0 Å². The van der Waals surface area contributed by atoms with Crippen molar-refractivity contribution in [3.05, 3.63) is 0 Å². The molecule has 0 aromatic rings. The average Bonchev–Trinajstić information content (AvgIpc) is 1.62. The minimum Gasteiger partial charge on any atom is -0.480 e. The van der Waals surface area contributed by atoms with E-state index in [0.717, 1.165) is 6.92 Å². The Morgan fingerprint density at radius 2 is 1.80 bits per heavy atom. The predicted molar refractivity (Wildman–Crippen MR) is 38.6 cm³/mol. The van der Waals surface area contributed by atoms with Gasteiger partial charge in [0.2, 0.25) is 0 Å². The fourth-order valence-corrected chi connectivity index (χ4v) is 0.382. The second kappa shape index (κ2) is 3.93. The largest absolute Gasteiger partial charge is 0.480 e. The van der Waals surface area contributed by atoms with E-state index in [9.17, 15) is 13.2 Å². The molecule has 2 N–H and O–H groups in total. The van der Waals surface area contributed by atoms with Gasteiger partial charge in [0.1, 0.15) is 0 Å². The number of hydrogen-bond donors (Lipinski definition) is 2. The molecule has 0 heterocycles. The summed E-state index contributed by atoms with van der Waals surface area (Å²) in [7, 11) is -4.40. The molecule has 0 aromatic heterocycles. The van der Waals surface area contributed by atoms with Crippen LogP contribution in [0.3, 0.4) is 0 Å². The van der Waals surface area contributed by atoms with Crippen molar-refractivity contribution in [1.29, 1.82) is 0 Å². The number of carboxylic acid groups (broad SMARTS) is 1. The van der Waals surface area contributed by atoms with E-state index >= 15 is 0 Å². The second-order valence-corrected chi connectivity index (χ2v) is 3.23. The van der Waals surface area contributed by atoms with Crippen LogP contribution in [-0.4, -0.2) is 46.7 Å². The molecule has 0 aliphatic carbocycles. The molecular formula is C3H9AlO5S. The third-order valence-electron chi connectivity index (χ3n) is 0.795. The third kappa shape index (κ3) is 3.85. The van der Waals surface area contributed by atoms with Gasteiger partial charge in [-0.1, -0.05) is 0 Å². The Kier molecular flexibility index (Phi) is 4.95. The van der Waals surface area contributed by atoms with E-state index in [1.54, 1.807) is 0 Å². The quantitative estimate of drug-likeness (QED) is 0.389. The van der Waals surface area contributed by atoms with Gasteiger partial charge in [0, 0.05) is 0 Å². The lowest BCUT2D eigenvalue weighted by atomic mass is 10.5. The summed E-state index contributed by atoms with van der Waals surface area (Å²) >= 11 is 0. The van der Waals surface area contributed by atoms with E-state index in [-0.39, 0.29) is 17.4 Å². The molecule has 0 aromatic carbocycles. The van der Waals surface area contributed by atoms with Gasteiger partial charge in [-0.2, -0.15) is 8.42 Å². The monoisotopic (exact) mass is 184 g/mol. The van der Waals surface area contributed by atoms with Crippen molar-refractivity contribution in [2.75, 3.05) is 0 Å². The predicted octanol–water partition coefficient (Wildman–Crippen LogP) is -1.84. The Balaban J connectivity index is 0. The number of carboxylic acids is 1. The first-order valence-corrected chi connectivity index (χ1v) is 3.55. The molecule has 0 rings (SSSR count). The van der Waals surface area contributed by atoms with Crippen LogP contribution in [0.4, 0.5) is 0 Å². The third-order valence-corrected chi connectivity index (χ3v) is 1.89.